The molecule has 0 fully saturated rings. The van der Waals surface area contributed by atoms with Crippen molar-refractivity contribution in [2.45, 2.75) is 45.0 Å². The van der Waals surface area contributed by atoms with E-state index in [1.54, 1.807) is 23.8 Å². The van der Waals surface area contributed by atoms with Crippen molar-refractivity contribution in [2.24, 2.45) is 0 Å². The normalized spacial score (nSPS) is 11.5. The fourth-order valence-electron chi connectivity index (χ4n) is 3.91. The highest BCUT2D eigenvalue weighted by Gasteiger charge is 2.30. The minimum atomic E-state index is -0.613. The predicted octanol–water partition coefficient (Wildman–Crippen LogP) is 5.40. The van der Waals surface area contributed by atoms with Gasteiger partial charge in [0.05, 0.1) is 12.9 Å². The molecule has 0 aromatic heterocycles. The second-order valence-corrected chi connectivity index (χ2v) is 9.83. The Morgan fingerprint density at radius 1 is 0.944 bits per heavy atom. The zero-order valence-corrected chi connectivity index (χ0v) is 22.2. The molecule has 3 rings (SSSR count). The molecule has 190 valence electrons. The summed E-state index contributed by atoms with van der Waals surface area (Å²) in [7, 11) is 1.63. The number of amides is 2. The van der Waals surface area contributed by atoms with Crippen molar-refractivity contribution in [1.82, 2.24) is 10.2 Å². The van der Waals surface area contributed by atoms with Gasteiger partial charge in [-0.3, -0.25) is 9.59 Å². The van der Waals surface area contributed by atoms with Crippen LogP contribution in [0, 0.1) is 6.92 Å². The molecular weight excluding hydrogens is 468 g/mol. The number of carbonyl (C=O) groups is 2. The van der Waals surface area contributed by atoms with Gasteiger partial charge in [-0.05, 0) is 42.2 Å². The Morgan fingerprint density at radius 2 is 1.67 bits per heavy atom. The molecule has 36 heavy (non-hydrogen) atoms. The topological polar surface area (TPSA) is 58.6 Å². The van der Waals surface area contributed by atoms with Crippen LogP contribution in [0.5, 0.6) is 5.75 Å². The van der Waals surface area contributed by atoms with Crippen molar-refractivity contribution in [3.8, 4) is 5.75 Å². The lowest BCUT2D eigenvalue weighted by atomic mass is 10.0. The van der Waals surface area contributed by atoms with E-state index in [0.29, 0.717) is 25.3 Å². The Bertz CT molecular complexity index is 1100. The van der Waals surface area contributed by atoms with Crippen LogP contribution < -0.4 is 10.1 Å². The predicted molar refractivity (Wildman–Crippen MR) is 148 cm³/mol. The van der Waals surface area contributed by atoms with Crippen molar-refractivity contribution in [3.05, 3.63) is 101 Å². The molecule has 0 radical (unpaired) electrons. The zero-order chi connectivity index (χ0) is 25.8. The van der Waals surface area contributed by atoms with Gasteiger partial charge in [-0.15, -0.1) is 11.8 Å². The molecule has 5 nitrogen and oxygen atoms in total. The maximum atomic E-state index is 13.7. The maximum absolute atomic E-state index is 13.7. The third-order valence-corrected chi connectivity index (χ3v) is 6.91. The summed E-state index contributed by atoms with van der Waals surface area (Å²) in [5, 5.41) is 3.02. The van der Waals surface area contributed by atoms with Gasteiger partial charge in [0.2, 0.25) is 11.8 Å². The minimum absolute atomic E-state index is 0.0532. The molecule has 0 bridgehead atoms. The van der Waals surface area contributed by atoms with Crippen LogP contribution in [-0.4, -0.2) is 42.2 Å². The number of nitrogens with one attached hydrogen (secondary N) is 1. The van der Waals surface area contributed by atoms with E-state index in [0.717, 1.165) is 29.1 Å². The number of methoxy groups -OCH3 is 1. The molecule has 0 aliphatic heterocycles. The molecule has 3 aromatic rings. The van der Waals surface area contributed by atoms with Gasteiger partial charge in [-0.1, -0.05) is 79.2 Å². The van der Waals surface area contributed by atoms with E-state index in [-0.39, 0.29) is 11.8 Å². The number of thioether (sulfide) groups is 1. The van der Waals surface area contributed by atoms with Gasteiger partial charge in [0.25, 0.3) is 0 Å². The molecule has 0 saturated heterocycles. The van der Waals surface area contributed by atoms with Crippen LogP contribution in [0.4, 0.5) is 0 Å². The number of ether oxygens (including phenoxy) is 1. The Morgan fingerprint density at radius 3 is 2.36 bits per heavy atom. The molecule has 6 heteroatoms. The molecule has 0 unspecified atom stereocenters. The Balaban J connectivity index is 1.84. The summed E-state index contributed by atoms with van der Waals surface area (Å²) in [6.07, 6.45) is 1.29. The first kappa shape index (κ1) is 27.3. The summed E-state index contributed by atoms with van der Waals surface area (Å²) in [6, 6.07) is 25.3. The van der Waals surface area contributed by atoms with Crippen LogP contribution >= 0.6 is 11.8 Å². The number of carbonyl (C=O) groups excluding carboxylic acids is 2. The lowest BCUT2D eigenvalue weighted by Gasteiger charge is -2.31. The number of hydrogen-bond acceptors (Lipinski definition) is 4. The summed E-state index contributed by atoms with van der Waals surface area (Å²) in [5.41, 5.74) is 4.34. The third-order valence-electron chi connectivity index (χ3n) is 5.92. The average molecular weight is 505 g/mol. The van der Waals surface area contributed by atoms with Crippen molar-refractivity contribution >= 4 is 23.6 Å². The molecule has 0 spiro atoms. The first-order valence-corrected chi connectivity index (χ1v) is 13.5. The van der Waals surface area contributed by atoms with Crippen LogP contribution in [-0.2, 0) is 28.3 Å². The van der Waals surface area contributed by atoms with E-state index in [9.17, 15) is 9.59 Å². The van der Waals surface area contributed by atoms with Crippen LogP contribution in [0.15, 0.2) is 78.9 Å². The van der Waals surface area contributed by atoms with E-state index in [1.807, 2.05) is 61.5 Å². The minimum Gasteiger partial charge on any atom is -0.497 e. The standard InChI is InChI=1S/C30H36N2O3S/c1-4-17-31-30(34)28(19-24-9-6-5-7-10-24)32(20-26-11-8-12-27(18-26)35-3)29(33)22-36-21-25-15-13-23(2)14-16-25/h5-16,18,28H,4,17,19-22H2,1-3H3,(H,31,34)/t28-/m1/s1. The fourth-order valence-corrected chi connectivity index (χ4v) is 4.78. The zero-order valence-electron chi connectivity index (χ0n) is 21.4. The SMILES string of the molecule is CCCNC(=O)[C@@H](Cc1ccccc1)N(Cc1cccc(OC)c1)C(=O)CSCc1ccc(C)cc1. The second kappa shape index (κ2) is 14.3. The first-order chi connectivity index (χ1) is 17.5. The molecule has 0 heterocycles. The number of aryl methyl sites for hydroxylation is 1. The van der Waals surface area contributed by atoms with Gasteiger partial charge in [0.1, 0.15) is 11.8 Å². The van der Waals surface area contributed by atoms with Crippen LogP contribution in [0.1, 0.15) is 35.6 Å². The van der Waals surface area contributed by atoms with E-state index in [4.69, 9.17) is 4.74 Å². The Kier molecular flexibility index (Phi) is 10.9. The number of nitrogens with zero attached hydrogens (tertiary/aromatic N) is 1. The Labute approximate surface area is 219 Å². The van der Waals surface area contributed by atoms with E-state index < -0.39 is 6.04 Å². The maximum Gasteiger partial charge on any atom is 0.243 e. The number of hydrogen-bond donors (Lipinski definition) is 1. The largest absolute Gasteiger partial charge is 0.497 e. The third kappa shape index (κ3) is 8.45. The smallest absolute Gasteiger partial charge is 0.243 e. The monoisotopic (exact) mass is 504 g/mol. The molecule has 1 N–H and O–H groups in total. The summed E-state index contributed by atoms with van der Waals surface area (Å²) in [6.45, 7) is 4.99. The molecule has 0 aliphatic rings. The molecule has 0 aliphatic carbocycles. The van der Waals surface area contributed by atoms with Crippen LogP contribution in [0.2, 0.25) is 0 Å². The van der Waals surface area contributed by atoms with Gasteiger partial charge in [0, 0.05) is 25.3 Å². The lowest BCUT2D eigenvalue weighted by molar-refractivity contribution is -0.139. The summed E-state index contributed by atoms with van der Waals surface area (Å²) < 4.78 is 5.39. The molecule has 0 saturated carbocycles. The second-order valence-electron chi connectivity index (χ2n) is 8.85. The van der Waals surface area contributed by atoms with Crippen molar-refractivity contribution in [2.75, 3.05) is 19.4 Å². The summed E-state index contributed by atoms with van der Waals surface area (Å²) in [5.74, 6) is 1.58. The quantitative estimate of drug-likeness (QED) is 0.338. The Hall–Kier alpha value is -3.25. The van der Waals surface area contributed by atoms with Crippen LogP contribution in [0.25, 0.3) is 0 Å². The van der Waals surface area contributed by atoms with Gasteiger partial charge >= 0.3 is 0 Å². The highest BCUT2D eigenvalue weighted by atomic mass is 32.2. The van der Waals surface area contributed by atoms with Gasteiger partial charge in [-0.25, -0.2) is 0 Å². The fraction of sp³-hybridized carbons (Fsp3) is 0.333. The lowest BCUT2D eigenvalue weighted by Crippen LogP contribution is -2.51. The van der Waals surface area contributed by atoms with E-state index in [2.05, 4.69) is 36.5 Å². The molecule has 2 amide bonds. The summed E-state index contributed by atoms with van der Waals surface area (Å²) >= 11 is 1.57. The summed E-state index contributed by atoms with van der Waals surface area (Å²) in [4.78, 5) is 28.7. The van der Waals surface area contributed by atoms with E-state index >= 15 is 0 Å². The van der Waals surface area contributed by atoms with Crippen molar-refractivity contribution in [1.29, 1.82) is 0 Å². The highest BCUT2D eigenvalue weighted by molar-refractivity contribution is 7.99. The van der Waals surface area contributed by atoms with Gasteiger partial charge < -0.3 is 15.0 Å². The van der Waals surface area contributed by atoms with Gasteiger partial charge in [0.15, 0.2) is 0 Å². The molecule has 1 atom stereocenters. The van der Waals surface area contributed by atoms with Crippen LogP contribution in [0.3, 0.4) is 0 Å². The first-order valence-electron chi connectivity index (χ1n) is 12.4. The number of rotatable bonds is 13. The van der Waals surface area contributed by atoms with Gasteiger partial charge in [-0.2, -0.15) is 0 Å². The average Bonchev–Trinajstić information content (AvgIpc) is 2.91. The number of benzene rings is 3. The van der Waals surface area contributed by atoms with E-state index in [1.165, 1.54) is 11.1 Å². The molecular formula is C30H36N2O3S. The molecule has 3 aromatic carbocycles. The highest BCUT2D eigenvalue weighted by Crippen LogP contribution is 2.20. The van der Waals surface area contributed by atoms with Crippen molar-refractivity contribution < 1.29 is 14.3 Å². The van der Waals surface area contributed by atoms with Crippen molar-refractivity contribution in [3.63, 3.8) is 0 Å².